The quantitative estimate of drug-likeness (QED) is 0.387. The third-order valence-electron chi connectivity index (χ3n) is 4.44. The van der Waals surface area contributed by atoms with E-state index in [0.29, 0.717) is 18.0 Å². The Morgan fingerprint density at radius 1 is 1.10 bits per heavy atom. The molecule has 1 aliphatic rings. The van der Waals surface area contributed by atoms with E-state index < -0.39 is 17.8 Å². The number of nitrogens with one attached hydrogen (secondary N) is 1. The molecule has 2 aromatic rings. The Bertz CT molecular complexity index is 1020. The number of esters is 1. The number of ether oxygens (including phenoxy) is 2. The number of benzene rings is 2. The van der Waals surface area contributed by atoms with Crippen LogP contribution in [0.25, 0.3) is 0 Å². The second-order valence-corrected chi connectivity index (χ2v) is 6.91. The SMILES string of the molecule is CCCCOC(=O)c1cccc(N2C(=O)C(Cl)=C(Nc3cccc(OC)c3)C2=O)c1. The lowest BCUT2D eigenvalue weighted by Gasteiger charge is -2.16. The number of rotatable bonds is 8. The smallest absolute Gasteiger partial charge is 0.338 e. The van der Waals surface area contributed by atoms with Crippen molar-refractivity contribution < 1.29 is 23.9 Å². The molecule has 0 aromatic heterocycles. The molecule has 0 fully saturated rings. The van der Waals surface area contributed by atoms with Crippen molar-refractivity contribution in [1.82, 2.24) is 0 Å². The van der Waals surface area contributed by atoms with Crippen molar-refractivity contribution in [3.05, 3.63) is 64.8 Å². The Morgan fingerprint density at radius 2 is 1.87 bits per heavy atom. The molecule has 0 bridgehead atoms. The molecular formula is C22H21ClN2O5. The van der Waals surface area contributed by atoms with E-state index >= 15 is 0 Å². The van der Waals surface area contributed by atoms with Crippen molar-refractivity contribution >= 4 is 40.8 Å². The molecular weight excluding hydrogens is 408 g/mol. The summed E-state index contributed by atoms with van der Waals surface area (Å²) in [6, 6.07) is 13.0. The van der Waals surface area contributed by atoms with Gasteiger partial charge in [0.05, 0.1) is 25.0 Å². The van der Waals surface area contributed by atoms with Gasteiger partial charge in [-0.15, -0.1) is 0 Å². The molecule has 7 nitrogen and oxygen atoms in total. The standard InChI is InChI=1S/C22H21ClN2O5/c1-3-4-11-30-22(28)14-7-5-9-16(12-14)25-20(26)18(23)19(21(25)27)24-15-8-6-10-17(13-15)29-2/h5-10,12-13,24H,3-4,11H2,1-2H3. The van der Waals surface area contributed by atoms with Crippen molar-refractivity contribution in [2.24, 2.45) is 0 Å². The van der Waals surface area contributed by atoms with Gasteiger partial charge in [0.25, 0.3) is 11.8 Å². The van der Waals surface area contributed by atoms with E-state index in [1.807, 2.05) is 6.92 Å². The number of carbonyl (C=O) groups is 3. The van der Waals surface area contributed by atoms with Crippen LogP contribution in [-0.2, 0) is 14.3 Å². The first-order valence-electron chi connectivity index (χ1n) is 9.43. The second-order valence-electron chi connectivity index (χ2n) is 6.53. The molecule has 0 saturated heterocycles. The lowest BCUT2D eigenvalue weighted by atomic mass is 10.2. The van der Waals surface area contributed by atoms with E-state index in [1.165, 1.54) is 13.2 Å². The minimum absolute atomic E-state index is 0.0501. The summed E-state index contributed by atoms with van der Waals surface area (Å²) in [4.78, 5) is 38.7. The summed E-state index contributed by atoms with van der Waals surface area (Å²) in [5, 5.41) is 2.64. The van der Waals surface area contributed by atoms with E-state index in [2.05, 4.69) is 5.32 Å². The van der Waals surface area contributed by atoms with Gasteiger partial charge in [-0.2, -0.15) is 0 Å². The van der Waals surface area contributed by atoms with Crippen LogP contribution in [0.4, 0.5) is 11.4 Å². The minimum Gasteiger partial charge on any atom is -0.497 e. The number of methoxy groups -OCH3 is 1. The molecule has 0 unspecified atom stereocenters. The lowest BCUT2D eigenvalue weighted by molar-refractivity contribution is -0.120. The van der Waals surface area contributed by atoms with Gasteiger partial charge in [0, 0.05) is 11.8 Å². The maximum atomic E-state index is 12.9. The zero-order valence-electron chi connectivity index (χ0n) is 16.6. The Hall–Kier alpha value is -3.32. The van der Waals surface area contributed by atoms with Gasteiger partial charge in [0.15, 0.2) is 0 Å². The van der Waals surface area contributed by atoms with Gasteiger partial charge in [0.2, 0.25) is 0 Å². The highest BCUT2D eigenvalue weighted by Gasteiger charge is 2.39. The van der Waals surface area contributed by atoms with Gasteiger partial charge in [-0.25, -0.2) is 9.69 Å². The van der Waals surface area contributed by atoms with Crippen LogP contribution in [0.2, 0.25) is 0 Å². The van der Waals surface area contributed by atoms with E-state index in [1.54, 1.807) is 42.5 Å². The number of anilines is 2. The Morgan fingerprint density at radius 3 is 2.60 bits per heavy atom. The van der Waals surface area contributed by atoms with Gasteiger partial charge in [-0.1, -0.05) is 37.1 Å². The summed E-state index contributed by atoms with van der Waals surface area (Å²) < 4.78 is 10.4. The first-order valence-corrected chi connectivity index (χ1v) is 9.81. The van der Waals surface area contributed by atoms with Crippen LogP contribution in [0, 0.1) is 0 Å². The highest BCUT2D eigenvalue weighted by molar-refractivity contribution is 6.53. The highest BCUT2D eigenvalue weighted by atomic mass is 35.5. The van der Waals surface area contributed by atoms with Crippen LogP contribution < -0.4 is 15.0 Å². The molecule has 1 heterocycles. The molecule has 1 N–H and O–H groups in total. The van der Waals surface area contributed by atoms with Crippen molar-refractivity contribution in [1.29, 1.82) is 0 Å². The summed E-state index contributed by atoms with van der Waals surface area (Å²) in [5.41, 5.74) is 0.967. The zero-order valence-corrected chi connectivity index (χ0v) is 17.4. The van der Waals surface area contributed by atoms with E-state index in [-0.39, 0.29) is 22.0 Å². The fourth-order valence-electron chi connectivity index (χ4n) is 2.86. The normalized spacial score (nSPS) is 13.6. The monoisotopic (exact) mass is 428 g/mol. The molecule has 156 valence electrons. The molecule has 0 saturated carbocycles. The predicted molar refractivity (Wildman–Crippen MR) is 114 cm³/mol. The third kappa shape index (κ3) is 4.46. The first-order chi connectivity index (χ1) is 14.5. The minimum atomic E-state index is -0.677. The number of carbonyl (C=O) groups excluding carboxylic acids is 3. The lowest BCUT2D eigenvalue weighted by Crippen LogP contribution is -2.32. The molecule has 0 aliphatic carbocycles. The number of unbranched alkanes of at least 4 members (excludes halogenated alkanes) is 1. The Labute approximate surface area is 179 Å². The number of hydrogen-bond acceptors (Lipinski definition) is 6. The first kappa shape index (κ1) is 21.4. The molecule has 0 atom stereocenters. The van der Waals surface area contributed by atoms with Crippen LogP contribution in [0.3, 0.4) is 0 Å². The zero-order chi connectivity index (χ0) is 21.7. The fourth-order valence-corrected chi connectivity index (χ4v) is 3.07. The van der Waals surface area contributed by atoms with Gasteiger partial charge < -0.3 is 14.8 Å². The van der Waals surface area contributed by atoms with Crippen LogP contribution in [0.15, 0.2) is 59.3 Å². The molecule has 8 heteroatoms. The highest BCUT2D eigenvalue weighted by Crippen LogP contribution is 2.31. The molecule has 2 aromatic carbocycles. The number of halogens is 1. The van der Waals surface area contributed by atoms with Crippen molar-refractivity contribution in [3.63, 3.8) is 0 Å². The summed E-state index contributed by atoms with van der Waals surface area (Å²) in [7, 11) is 1.53. The number of amides is 2. The summed E-state index contributed by atoms with van der Waals surface area (Å²) >= 11 is 6.16. The average molecular weight is 429 g/mol. The second kappa shape index (κ2) is 9.45. The van der Waals surface area contributed by atoms with Crippen molar-refractivity contribution in [3.8, 4) is 5.75 Å². The molecule has 0 radical (unpaired) electrons. The third-order valence-corrected chi connectivity index (χ3v) is 4.79. The molecule has 3 rings (SSSR count). The van der Waals surface area contributed by atoms with Crippen molar-refractivity contribution in [2.45, 2.75) is 19.8 Å². The van der Waals surface area contributed by atoms with Crippen LogP contribution in [0.5, 0.6) is 5.75 Å². The largest absolute Gasteiger partial charge is 0.497 e. The Balaban J connectivity index is 1.81. The topological polar surface area (TPSA) is 84.9 Å². The maximum absolute atomic E-state index is 12.9. The maximum Gasteiger partial charge on any atom is 0.338 e. The van der Waals surface area contributed by atoms with Crippen molar-refractivity contribution in [2.75, 3.05) is 23.9 Å². The van der Waals surface area contributed by atoms with Crippen LogP contribution in [-0.4, -0.2) is 31.5 Å². The number of hydrogen-bond donors (Lipinski definition) is 1. The summed E-state index contributed by atoms with van der Waals surface area (Å²) in [6.07, 6.45) is 1.66. The van der Waals surface area contributed by atoms with E-state index in [9.17, 15) is 14.4 Å². The summed E-state index contributed by atoms with van der Waals surface area (Å²) in [5.74, 6) is -1.23. The Kier molecular flexibility index (Phi) is 6.74. The van der Waals surface area contributed by atoms with Gasteiger partial charge in [0.1, 0.15) is 16.5 Å². The molecule has 0 spiro atoms. The fraction of sp³-hybridized carbons (Fsp3) is 0.227. The summed E-state index contributed by atoms with van der Waals surface area (Å²) in [6.45, 7) is 2.30. The van der Waals surface area contributed by atoms with Gasteiger partial charge >= 0.3 is 5.97 Å². The van der Waals surface area contributed by atoms with Crippen LogP contribution in [0.1, 0.15) is 30.1 Å². The van der Waals surface area contributed by atoms with Gasteiger partial charge in [-0.05, 0) is 36.8 Å². The van der Waals surface area contributed by atoms with Gasteiger partial charge in [-0.3, -0.25) is 9.59 Å². The van der Waals surface area contributed by atoms with E-state index in [4.69, 9.17) is 21.1 Å². The molecule has 30 heavy (non-hydrogen) atoms. The number of nitrogens with zero attached hydrogens (tertiary/aromatic N) is 1. The molecule has 1 aliphatic heterocycles. The number of imide groups is 1. The van der Waals surface area contributed by atoms with Crippen LogP contribution >= 0.6 is 11.6 Å². The predicted octanol–water partition coefficient (Wildman–Crippen LogP) is 4.09. The van der Waals surface area contributed by atoms with E-state index in [0.717, 1.165) is 17.7 Å². The average Bonchev–Trinajstić information content (AvgIpc) is 2.97. The molecule has 2 amide bonds.